The minimum atomic E-state index is -3.83. The first kappa shape index (κ1) is 29.0. The number of ether oxygens (including phenoxy) is 1. The molecule has 3 aromatic rings. The van der Waals surface area contributed by atoms with Crippen LogP contribution < -0.4 is 14.4 Å². The zero-order valence-corrected chi connectivity index (χ0v) is 23.2. The quantitative estimate of drug-likeness (QED) is 0.359. The number of hydrogen-bond acceptors (Lipinski definition) is 5. The monoisotopic (exact) mass is 557 g/mol. The van der Waals surface area contributed by atoms with Crippen LogP contribution >= 0.6 is 11.6 Å². The van der Waals surface area contributed by atoms with Crippen LogP contribution in [0.25, 0.3) is 0 Å². The minimum Gasteiger partial charge on any atom is -0.489 e. The average Bonchev–Trinajstić information content (AvgIpc) is 2.89. The van der Waals surface area contributed by atoms with Gasteiger partial charge in [0.2, 0.25) is 21.8 Å². The van der Waals surface area contributed by atoms with Crippen LogP contribution in [0.4, 0.5) is 5.69 Å². The van der Waals surface area contributed by atoms with E-state index in [0.29, 0.717) is 35.2 Å². The van der Waals surface area contributed by atoms with Crippen molar-refractivity contribution < 1.29 is 22.7 Å². The van der Waals surface area contributed by atoms with Crippen molar-refractivity contribution in [1.29, 1.82) is 0 Å². The molecular weight excluding hydrogens is 526 g/mol. The second-order valence-electron chi connectivity index (χ2n) is 8.76. The van der Waals surface area contributed by atoms with E-state index in [9.17, 15) is 18.0 Å². The molecule has 0 bridgehead atoms. The first-order chi connectivity index (χ1) is 18.1. The molecule has 0 saturated carbocycles. The van der Waals surface area contributed by atoms with E-state index in [0.717, 1.165) is 16.1 Å². The van der Waals surface area contributed by atoms with Crippen LogP contribution in [0.5, 0.6) is 5.75 Å². The standard InChI is InChI=1S/C28H32ClN3O5S/c1-4-30-28(34)21(2)31(18-23-11-8-12-24(29)17-23)27(33)19-32(38(3,35)36)25-13-15-26(16-14-25)37-20-22-9-6-5-7-10-22/h5-17,21H,4,18-20H2,1-3H3,(H,30,34)/t21-/m1/s1. The summed E-state index contributed by atoms with van der Waals surface area (Å²) in [5.74, 6) is -0.308. The molecule has 10 heteroatoms. The lowest BCUT2D eigenvalue weighted by Crippen LogP contribution is -2.51. The molecule has 3 aromatic carbocycles. The van der Waals surface area contributed by atoms with Crippen LogP contribution in [0.2, 0.25) is 5.02 Å². The van der Waals surface area contributed by atoms with E-state index in [4.69, 9.17) is 16.3 Å². The zero-order chi connectivity index (χ0) is 27.7. The summed E-state index contributed by atoms with van der Waals surface area (Å²) in [6, 6.07) is 22.3. The number of rotatable bonds is 12. The third-order valence-corrected chi connectivity index (χ3v) is 7.19. The number of nitrogens with zero attached hydrogens (tertiary/aromatic N) is 2. The minimum absolute atomic E-state index is 0.0849. The zero-order valence-electron chi connectivity index (χ0n) is 21.6. The van der Waals surface area contributed by atoms with E-state index in [2.05, 4.69) is 5.32 Å². The molecule has 0 aliphatic heterocycles. The highest BCUT2D eigenvalue weighted by atomic mass is 35.5. The third kappa shape index (κ3) is 8.22. The first-order valence-corrected chi connectivity index (χ1v) is 14.4. The van der Waals surface area contributed by atoms with Crippen molar-refractivity contribution in [3.63, 3.8) is 0 Å². The highest BCUT2D eigenvalue weighted by Crippen LogP contribution is 2.23. The van der Waals surface area contributed by atoms with E-state index in [-0.39, 0.29) is 12.5 Å². The van der Waals surface area contributed by atoms with E-state index in [1.807, 2.05) is 30.3 Å². The van der Waals surface area contributed by atoms with Crippen molar-refractivity contribution in [2.45, 2.75) is 33.0 Å². The highest BCUT2D eigenvalue weighted by molar-refractivity contribution is 7.92. The summed E-state index contributed by atoms with van der Waals surface area (Å²) in [6.07, 6.45) is 1.04. The van der Waals surface area contributed by atoms with Crippen molar-refractivity contribution in [2.75, 3.05) is 23.7 Å². The number of likely N-dealkylation sites (N-methyl/N-ethyl adjacent to an activating group) is 1. The Hall–Kier alpha value is -3.56. The molecule has 202 valence electrons. The van der Waals surface area contributed by atoms with Gasteiger partial charge in [0, 0.05) is 18.1 Å². The molecule has 0 aromatic heterocycles. The highest BCUT2D eigenvalue weighted by Gasteiger charge is 2.30. The van der Waals surface area contributed by atoms with Gasteiger partial charge in [-0.2, -0.15) is 0 Å². The van der Waals surface area contributed by atoms with Crippen molar-refractivity contribution in [1.82, 2.24) is 10.2 Å². The summed E-state index contributed by atoms with van der Waals surface area (Å²) in [4.78, 5) is 27.5. The lowest BCUT2D eigenvalue weighted by atomic mass is 10.1. The third-order valence-electron chi connectivity index (χ3n) is 5.81. The molecule has 1 N–H and O–H groups in total. The second-order valence-corrected chi connectivity index (χ2v) is 11.1. The predicted molar refractivity (Wildman–Crippen MR) is 150 cm³/mol. The fourth-order valence-electron chi connectivity index (χ4n) is 3.80. The van der Waals surface area contributed by atoms with Crippen molar-refractivity contribution in [2.24, 2.45) is 0 Å². The van der Waals surface area contributed by atoms with Crippen LogP contribution in [0.15, 0.2) is 78.9 Å². The van der Waals surface area contributed by atoms with Crippen LogP contribution in [0.1, 0.15) is 25.0 Å². The largest absolute Gasteiger partial charge is 0.489 e. The van der Waals surface area contributed by atoms with Gasteiger partial charge in [-0.3, -0.25) is 13.9 Å². The Morgan fingerprint density at radius 1 is 0.974 bits per heavy atom. The molecule has 0 radical (unpaired) electrons. The molecule has 0 fully saturated rings. The van der Waals surface area contributed by atoms with Crippen LogP contribution in [0, 0.1) is 0 Å². The molecular formula is C28H32ClN3O5S. The lowest BCUT2D eigenvalue weighted by molar-refractivity contribution is -0.139. The number of sulfonamides is 1. The van der Waals surface area contributed by atoms with Crippen LogP contribution in [-0.2, 0) is 32.8 Å². The smallest absolute Gasteiger partial charge is 0.244 e. The maximum Gasteiger partial charge on any atom is 0.244 e. The fourth-order valence-corrected chi connectivity index (χ4v) is 4.86. The molecule has 0 heterocycles. The van der Waals surface area contributed by atoms with Gasteiger partial charge in [-0.15, -0.1) is 0 Å². The van der Waals surface area contributed by atoms with Gasteiger partial charge in [0.1, 0.15) is 24.9 Å². The van der Waals surface area contributed by atoms with Gasteiger partial charge >= 0.3 is 0 Å². The molecule has 0 spiro atoms. The number of amides is 2. The molecule has 0 saturated heterocycles. The van der Waals surface area contributed by atoms with E-state index >= 15 is 0 Å². The van der Waals surface area contributed by atoms with Crippen LogP contribution in [0.3, 0.4) is 0 Å². The topological polar surface area (TPSA) is 96.0 Å². The van der Waals surface area contributed by atoms with Gasteiger partial charge in [-0.25, -0.2) is 8.42 Å². The number of hydrogen-bond donors (Lipinski definition) is 1. The van der Waals surface area contributed by atoms with E-state index in [1.54, 1.807) is 62.4 Å². The maximum absolute atomic E-state index is 13.5. The molecule has 0 unspecified atom stereocenters. The number of nitrogens with one attached hydrogen (secondary N) is 1. The number of carbonyl (C=O) groups excluding carboxylic acids is 2. The Labute approximate surface area is 229 Å². The van der Waals surface area contributed by atoms with Crippen molar-refractivity contribution in [3.8, 4) is 5.75 Å². The van der Waals surface area contributed by atoms with E-state index < -0.39 is 28.5 Å². The Morgan fingerprint density at radius 3 is 2.24 bits per heavy atom. The molecule has 2 amide bonds. The summed E-state index contributed by atoms with van der Waals surface area (Å²) in [7, 11) is -3.83. The molecule has 38 heavy (non-hydrogen) atoms. The number of anilines is 1. The van der Waals surface area contributed by atoms with Crippen LogP contribution in [-0.4, -0.2) is 50.5 Å². The molecule has 8 nitrogen and oxygen atoms in total. The molecule has 1 atom stereocenters. The van der Waals surface area contributed by atoms with Gasteiger partial charge in [0.15, 0.2) is 0 Å². The SMILES string of the molecule is CCNC(=O)[C@@H](C)N(Cc1cccc(Cl)c1)C(=O)CN(c1ccc(OCc2ccccc2)cc1)S(C)(=O)=O. The van der Waals surface area contributed by atoms with Gasteiger partial charge in [0.05, 0.1) is 11.9 Å². The molecule has 0 aliphatic carbocycles. The Kier molecular flexibility index (Phi) is 10.2. The van der Waals surface area contributed by atoms with Crippen molar-refractivity contribution in [3.05, 3.63) is 95.0 Å². The summed E-state index contributed by atoms with van der Waals surface area (Å²) in [6.45, 7) is 3.76. The number of halogens is 1. The summed E-state index contributed by atoms with van der Waals surface area (Å²) in [5, 5.41) is 3.21. The fraction of sp³-hybridized carbons (Fsp3) is 0.286. The Morgan fingerprint density at radius 2 is 1.63 bits per heavy atom. The average molecular weight is 558 g/mol. The number of carbonyl (C=O) groups is 2. The first-order valence-electron chi connectivity index (χ1n) is 12.1. The normalized spacial score (nSPS) is 11.9. The molecule has 3 rings (SSSR count). The predicted octanol–water partition coefficient (Wildman–Crippen LogP) is 4.24. The second kappa shape index (κ2) is 13.3. The molecule has 0 aliphatic rings. The summed E-state index contributed by atoms with van der Waals surface area (Å²) in [5.41, 5.74) is 2.02. The van der Waals surface area contributed by atoms with E-state index in [1.165, 1.54) is 4.90 Å². The lowest BCUT2D eigenvalue weighted by Gasteiger charge is -2.31. The summed E-state index contributed by atoms with van der Waals surface area (Å²) < 4.78 is 32.3. The van der Waals surface area contributed by atoms with Crippen molar-refractivity contribution >= 4 is 39.1 Å². The van der Waals surface area contributed by atoms with Gasteiger partial charge in [0.25, 0.3) is 0 Å². The number of benzene rings is 3. The maximum atomic E-state index is 13.5. The Balaban J connectivity index is 1.81. The van der Waals surface area contributed by atoms with Gasteiger partial charge in [-0.1, -0.05) is 54.1 Å². The Bertz CT molecular complexity index is 1330. The van der Waals surface area contributed by atoms with Gasteiger partial charge < -0.3 is 15.0 Å². The summed E-state index contributed by atoms with van der Waals surface area (Å²) >= 11 is 6.11. The van der Waals surface area contributed by atoms with Gasteiger partial charge in [-0.05, 0) is 61.4 Å².